The van der Waals surface area contributed by atoms with Gasteiger partial charge in [0.1, 0.15) is 0 Å². The van der Waals surface area contributed by atoms with E-state index >= 15 is 0 Å². The van der Waals surface area contributed by atoms with Crippen LogP contribution in [-0.2, 0) is 4.79 Å². The van der Waals surface area contributed by atoms with Crippen molar-refractivity contribution in [2.45, 2.75) is 131 Å². The first-order valence-corrected chi connectivity index (χ1v) is 14.8. The summed E-state index contributed by atoms with van der Waals surface area (Å²) in [6, 6.07) is 0. The van der Waals surface area contributed by atoms with Crippen molar-refractivity contribution >= 4 is 5.97 Å². The van der Waals surface area contributed by atoms with E-state index in [-0.39, 0.29) is 23.2 Å². The molecule has 4 rings (SSSR count). The van der Waals surface area contributed by atoms with Crippen LogP contribution >= 0.6 is 0 Å². The van der Waals surface area contributed by atoms with Gasteiger partial charge in [-0.3, -0.25) is 4.79 Å². The van der Waals surface area contributed by atoms with Crippen molar-refractivity contribution < 1.29 is 15.0 Å². The Balaban J connectivity index is 1.58. The Labute approximate surface area is 215 Å². The van der Waals surface area contributed by atoms with Crippen LogP contribution in [0.2, 0.25) is 0 Å². The average molecular weight is 487 g/mol. The lowest BCUT2D eigenvalue weighted by Crippen LogP contribution is -2.56. The highest BCUT2D eigenvalue weighted by Crippen LogP contribution is 2.87. The van der Waals surface area contributed by atoms with E-state index in [2.05, 4.69) is 41.2 Å². The lowest BCUT2D eigenvalue weighted by atomic mass is 9.43. The fourth-order valence-electron chi connectivity index (χ4n) is 11.0. The third-order valence-corrected chi connectivity index (χ3v) is 13.0. The Morgan fingerprint density at radius 3 is 2.34 bits per heavy atom. The maximum absolute atomic E-state index is 11.6. The molecule has 0 aromatic carbocycles. The Morgan fingerprint density at radius 2 is 1.77 bits per heavy atom. The molecule has 0 aromatic rings. The normalized spacial score (nSPS) is 44.1. The summed E-state index contributed by atoms with van der Waals surface area (Å²) in [6.45, 7) is 20.5. The molecule has 0 heterocycles. The molecule has 200 valence electrons. The Morgan fingerprint density at radius 1 is 1.09 bits per heavy atom. The number of carbonyl (C=O) groups is 1. The van der Waals surface area contributed by atoms with Gasteiger partial charge in [-0.1, -0.05) is 39.8 Å². The third-order valence-electron chi connectivity index (χ3n) is 13.0. The standard InChI is InChI=1S/C32H54O3/c1-9-23(21(2)3)11-10-22(4)24-14-16-30(8)26-13-12-25(28(5,6)35)31(17-15-27(33)34)20-32(26,31)19-18-29(24,30)7/h22-26,35H,2,9-20H2,1,3-8H3,(H,33,34)/t22-,23?,24-,25+,26+,29-,30+,31-,32+/m1/s1. The monoisotopic (exact) mass is 486 g/mol. The lowest BCUT2D eigenvalue weighted by Gasteiger charge is -2.61. The quantitative estimate of drug-likeness (QED) is 0.306. The van der Waals surface area contributed by atoms with E-state index in [4.69, 9.17) is 0 Å². The summed E-state index contributed by atoms with van der Waals surface area (Å²) in [5.41, 5.74) is 1.59. The minimum absolute atomic E-state index is 0.0242. The zero-order valence-corrected chi connectivity index (χ0v) is 23.9. The molecule has 0 aliphatic heterocycles. The van der Waals surface area contributed by atoms with Gasteiger partial charge in [0.25, 0.3) is 0 Å². The molecule has 4 saturated carbocycles. The van der Waals surface area contributed by atoms with Crippen molar-refractivity contribution in [2.24, 2.45) is 51.2 Å². The van der Waals surface area contributed by atoms with Crippen LogP contribution in [-0.4, -0.2) is 21.8 Å². The number of carboxylic acid groups (broad SMARTS) is 1. The molecule has 1 spiro atoms. The maximum atomic E-state index is 11.6. The molecule has 4 fully saturated rings. The number of allylic oxidation sites excluding steroid dienone is 1. The van der Waals surface area contributed by atoms with E-state index in [9.17, 15) is 15.0 Å². The minimum atomic E-state index is -0.736. The molecule has 9 atom stereocenters. The summed E-state index contributed by atoms with van der Waals surface area (Å²) in [4.78, 5) is 11.6. The smallest absolute Gasteiger partial charge is 0.303 e. The predicted octanol–water partition coefficient (Wildman–Crippen LogP) is 8.26. The second-order valence-electron chi connectivity index (χ2n) is 14.7. The van der Waals surface area contributed by atoms with Crippen molar-refractivity contribution in [3.05, 3.63) is 12.2 Å². The fourth-order valence-corrected chi connectivity index (χ4v) is 11.0. The number of fused-ring (bicyclic) bond motifs is 2. The average Bonchev–Trinajstić information content (AvgIpc) is 3.35. The Kier molecular flexibility index (Phi) is 6.91. The van der Waals surface area contributed by atoms with Gasteiger partial charge in [0.05, 0.1) is 5.60 Å². The first-order chi connectivity index (χ1) is 16.2. The van der Waals surface area contributed by atoms with Crippen LogP contribution in [0.25, 0.3) is 0 Å². The summed E-state index contributed by atoms with van der Waals surface area (Å²) in [6.07, 6.45) is 13.4. The van der Waals surface area contributed by atoms with Crippen LogP contribution in [0, 0.1) is 51.2 Å². The molecule has 35 heavy (non-hydrogen) atoms. The zero-order valence-electron chi connectivity index (χ0n) is 23.9. The van der Waals surface area contributed by atoms with E-state index in [0.29, 0.717) is 22.7 Å². The molecule has 0 bridgehead atoms. The van der Waals surface area contributed by atoms with Gasteiger partial charge in [0, 0.05) is 6.42 Å². The topological polar surface area (TPSA) is 57.5 Å². The second kappa shape index (κ2) is 8.88. The lowest BCUT2D eigenvalue weighted by molar-refractivity contribution is -0.151. The summed E-state index contributed by atoms with van der Waals surface area (Å²) >= 11 is 0. The van der Waals surface area contributed by atoms with E-state index < -0.39 is 11.6 Å². The molecule has 1 unspecified atom stereocenters. The number of carboxylic acids is 1. The Hall–Kier alpha value is -0.830. The predicted molar refractivity (Wildman–Crippen MR) is 144 cm³/mol. The highest BCUT2D eigenvalue weighted by atomic mass is 16.4. The van der Waals surface area contributed by atoms with Gasteiger partial charge in [0.2, 0.25) is 0 Å². The number of hydrogen-bond donors (Lipinski definition) is 2. The third kappa shape index (κ3) is 3.96. The summed E-state index contributed by atoms with van der Waals surface area (Å²) < 4.78 is 0. The molecule has 2 N–H and O–H groups in total. The number of aliphatic carboxylic acids is 1. The van der Waals surface area contributed by atoms with Crippen LogP contribution in [0.1, 0.15) is 126 Å². The molecule has 0 radical (unpaired) electrons. The molecular formula is C32H54O3. The van der Waals surface area contributed by atoms with E-state index in [1.165, 1.54) is 56.9 Å². The maximum Gasteiger partial charge on any atom is 0.303 e. The van der Waals surface area contributed by atoms with Gasteiger partial charge in [0.15, 0.2) is 0 Å². The number of rotatable bonds is 10. The summed E-state index contributed by atoms with van der Waals surface area (Å²) in [5, 5.41) is 20.8. The van der Waals surface area contributed by atoms with Crippen molar-refractivity contribution in [1.82, 2.24) is 0 Å². The number of hydrogen-bond acceptors (Lipinski definition) is 2. The number of aliphatic hydroxyl groups is 1. The van der Waals surface area contributed by atoms with Crippen LogP contribution in [0.5, 0.6) is 0 Å². The molecule has 3 heteroatoms. The second-order valence-corrected chi connectivity index (χ2v) is 14.7. The van der Waals surface area contributed by atoms with Crippen LogP contribution < -0.4 is 0 Å². The van der Waals surface area contributed by atoms with Crippen LogP contribution in [0.15, 0.2) is 12.2 Å². The summed E-state index contributed by atoms with van der Waals surface area (Å²) in [5.74, 6) is 2.41. The molecule has 4 aliphatic rings. The van der Waals surface area contributed by atoms with Crippen LogP contribution in [0.3, 0.4) is 0 Å². The SMILES string of the molecule is C=C(C)C(CC)CC[C@@H](C)[C@H]1CC[C@@]2(C)[C@@H]3CC[C@@H](C(C)(C)O)[C@@]4(CCC(=O)O)C[C@@]34CC[C@]12C. The van der Waals surface area contributed by atoms with Crippen molar-refractivity contribution in [2.75, 3.05) is 0 Å². The van der Waals surface area contributed by atoms with Gasteiger partial charge in [-0.15, -0.1) is 0 Å². The van der Waals surface area contributed by atoms with Gasteiger partial charge in [-0.25, -0.2) is 0 Å². The molecule has 0 aromatic heterocycles. The van der Waals surface area contributed by atoms with E-state index in [1.807, 2.05) is 13.8 Å². The molecular weight excluding hydrogens is 432 g/mol. The molecule has 3 nitrogen and oxygen atoms in total. The first kappa shape index (κ1) is 27.2. The summed E-state index contributed by atoms with van der Waals surface area (Å²) in [7, 11) is 0. The largest absolute Gasteiger partial charge is 0.481 e. The van der Waals surface area contributed by atoms with Crippen molar-refractivity contribution in [1.29, 1.82) is 0 Å². The van der Waals surface area contributed by atoms with Crippen molar-refractivity contribution in [3.63, 3.8) is 0 Å². The van der Waals surface area contributed by atoms with Crippen LogP contribution in [0.4, 0.5) is 0 Å². The molecule has 0 amide bonds. The van der Waals surface area contributed by atoms with Crippen molar-refractivity contribution in [3.8, 4) is 0 Å². The Bertz CT molecular complexity index is 840. The van der Waals surface area contributed by atoms with E-state index in [0.717, 1.165) is 31.1 Å². The molecule has 4 aliphatic carbocycles. The minimum Gasteiger partial charge on any atom is -0.481 e. The zero-order chi connectivity index (χ0) is 26.0. The molecule has 0 saturated heterocycles. The first-order valence-electron chi connectivity index (χ1n) is 14.8. The van der Waals surface area contributed by atoms with Gasteiger partial charge >= 0.3 is 5.97 Å². The highest BCUT2D eigenvalue weighted by molar-refractivity contribution is 5.67. The van der Waals surface area contributed by atoms with E-state index in [1.54, 1.807) is 0 Å². The van der Waals surface area contributed by atoms with Gasteiger partial charge in [-0.05, 0) is 143 Å². The highest BCUT2D eigenvalue weighted by Gasteiger charge is 2.81. The van der Waals surface area contributed by atoms with Gasteiger partial charge in [-0.2, -0.15) is 0 Å². The fraction of sp³-hybridized carbons (Fsp3) is 0.906. The van der Waals surface area contributed by atoms with Gasteiger partial charge < -0.3 is 10.2 Å².